The van der Waals surface area contributed by atoms with E-state index in [0.717, 1.165) is 18.4 Å². The maximum Gasteiger partial charge on any atom is 0.416 e. The number of aryl methyl sites for hydroxylation is 2. The van der Waals surface area contributed by atoms with Crippen LogP contribution in [-0.2, 0) is 17.6 Å². The number of fused-ring (bicyclic) bond motifs is 1. The molecule has 1 fully saturated rings. The Morgan fingerprint density at radius 1 is 1.19 bits per heavy atom. The number of amides is 1. The monoisotopic (exact) mass is 436 g/mol. The van der Waals surface area contributed by atoms with Crippen LogP contribution in [0.15, 0.2) is 35.0 Å². The molecule has 2 N–H and O–H groups in total. The van der Waals surface area contributed by atoms with E-state index in [4.69, 9.17) is 9.26 Å². The number of hydrogen-bond donors (Lipinski definition) is 2. The lowest BCUT2D eigenvalue weighted by atomic mass is 10.1. The van der Waals surface area contributed by atoms with E-state index < -0.39 is 18.2 Å². The smallest absolute Gasteiger partial charge is 0.416 e. The minimum absolute atomic E-state index is 0.104. The van der Waals surface area contributed by atoms with E-state index in [0.29, 0.717) is 17.5 Å². The molecule has 5 rings (SSSR count). The average molecular weight is 436 g/mol. The molecule has 3 aromatic rings. The number of aliphatic hydroxyl groups excluding tert-OH is 1. The van der Waals surface area contributed by atoms with E-state index in [1.807, 2.05) is 13.0 Å². The van der Waals surface area contributed by atoms with E-state index in [1.54, 1.807) is 13.0 Å². The fourth-order valence-corrected chi connectivity index (χ4v) is 4.10. The highest BCUT2D eigenvalue weighted by Gasteiger charge is 2.38. The predicted molar refractivity (Wildman–Crippen MR) is 115 cm³/mol. The summed E-state index contributed by atoms with van der Waals surface area (Å²) in [5.41, 5.74) is 3.67. The van der Waals surface area contributed by atoms with Gasteiger partial charge in [0.15, 0.2) is 0 Å². The lowest BCUT2D eigenvalue weighted by Crippen LogP contribution is -2.41. The van der Waals surface area contributed by atoms with Crippen molar-refractivity contribution in [1.29, 1.82) is 0 Å². The van der Waals surface area contributed by atoms with Crippen LogP contribution in [0.4, 0.5) is 16.6 Å². The molecule has 2 aliphatic rings. The predicted octanol–water partition coefficient (Wildman–Crippen LogP) is 2.89. The molecule has 0 spiro atoms. The van der Waals surface area contributed by atoms with Crippen molar-refractivity contribution in [2.24, 2.45) is 0 Å². The third-order valence-corrected chi connectivity index (χ3v) is 5.86. The molecule has 3 heterocycles. The zero-order valence-corrected chi connectivity index (χ0v) is 17.9. The van der Waals surface area contributed by atoms with Crippen molar-refractivity contribution in [1.82, 2.24) is 20.1 Å². The number of rotatable bonds is 6. The van der Waals surface area contributed by atoms with E-state index >= 15 is 0 Å². The van der Waals surface area contributed by atoms with E-state index in [2.05, 4.69) is 37.6 Å². The van der Waals surface area contributed by atoms with Gasteiger partial charge >= 0.3 is 6.09 Å². The van der Waals surface area contributed by atoms with Crippen LogP contribution in [0.5, 0.6) is 0 Å². The molecular formula is C22H24N6O4. The SMILES string of the molecule is C[C@H](Nc1nccc(N2C(=O)OCC2[C@@H](C)O)n1)c1nc(-c2ccc3c(c2)CCC3)no1. The Bertz CT molecular complexity index is 1150. The molecular weight excluding hydrogens is 412 g/mol. The zero-order chi connectivity index (χ0) is 22.2. The summed E-state index contributed by atoms with van der Waals surface area (Å²) in [7, 11) is 0. The Labute approximate surface area is 184 Å². The molecule has 1 aromatic carbocycles. The molecule has 0 radical (unpaired) electrons. The first-order valence-electron chi connectivity index (χ1n) is 10.7. The summed E-state index contributed by atoms with van der Waals surface area (Å²) in [5, 5.41) is 17.2. The van der Waals surface area contributed by atoms with Gasteiger partial charge < -0.3 is 19.7 Å². The summed E-state index contributed by atoms with van der Waals surface area (Å²) in [6.07, 6.45) is 3.61. The van der Waals surface area contributed by atoms with Gasteiger partial charge in [-0.1, -0.05) is 17.3 Å². The van der Waals surface area contributed by atoms with Crippen LogP contribution in [-0.4, -0.2) is 50.1 Å². The van der Waals surface area contributed by atoms with Gasteiger partial charge in [-0.25, -0.2) is 9.78 Å². The van der Waals surface area contributed by atoms with Gasteiger partial charge in [-0.2, -0.15) is 9.97 Å². The number of carbonyl (C=O) groups excluding carboxylic acids is 1. The van der Waals surface area contributed by atoms with Crippen LogP contribution in [0.25, 0.3) is 11.4 Å². The Morgan fingerprint density at radius 3 is 2.88 bits per heavy atom. The third kappa shape index (κ3) is 3.77. The Balaban J connectivity index is 1.32. The van der Waals surface area contributed by atoms with Crippen molar-refractivity contribution in [3.05, 3.63) is 47.5 Å². The van der Waals surface area contributed by atoms with Gasteiger partial charge in [0.25, 0.3) is 0 Å². The number of carbonyl (C=O) groups is 1. The Hall–Kier alpha value is -3.53. The number of nitrogens with zero attached hydrogens (tertiary/aromatic N) is 5. The van der Waals surface area contributed by atoms with E-state index in [1.165, 1.54) is 28.6 Å². The summed E-state index contributed by atoms with van der Waals surface area (Å²) in [6.45, 7) is 3.57. The quantitative estimate of drug-likeness (QED) is 0.599. The highest BCUT2D eigenvalue weighted by Crippen LogP contribution is 2.28. The molecule has 0 bridgehead atoms. The maximum absolute atomic E-state index is 12.1. The molecule has 32 heavy (non-hydrogen) atoms. The van der Waals surface area contributed by atoms with Crippen molar-refractivity contribution < 1.29 is 19.2 Å². The van der Waals surface area contributed by atoms with Crippen molar-refractivity contribution in [3.63, 3.8) is 0 Å². The van der Waals surface area contributed by atoms with Crippen molar-refractivity contribution >= 4 is 17.9 Å². The first kappa shape index (κ1) is 20.4. The summed E-state index contributed by atoms with van der Waals surface area (Å²) >= 11 is 0. The van der Waals surface area contributed by atoms with Crippen LogP contribution in [0.3, 0.4) is 0 Å². The fraction of sp³-hybridized carbons (Fsp3) is 0.409. The first-order chi connectivity index (χ1) is 15.5. The highest BCUT2D eigenvalue weighted by atomic mass is 16.6. The number of aliphatic hydroxyl groups is 1. The molecule has 1 aliphatic carbocycles. The van der Waals surface area contributed by atoms with Crippen molar-refractivity contribution in [2.75, 3.05) is 16.8 Å². The highest BCUT2D eigenvalue weighted by molar-refractivity contribution is 5.89. The molecule has 10 nitrogen and oxygen atoms in total. The first-order valence-corrected chi connectivity index (χ1v) is 10.7. The molecule has 1 aliphatic heterocycles. The maximum atomic E-state index is 12.1. The summed E-state index contributed by atoms with van der Waals surface area (Å²) in [4.78, 5) is 26.6. The number of nitrogens with one attached hydrogen (secondary N) is 1. The lowest BCUT2D eigenvalue weighted by Gasteiger charge is -2.22. The van der Waals surface area contributed by atoms with Gasteiger partial charge in [0.2, 0.25) is 17.7 Å². The van der Waals surface area contributed by atoms with Gasteiger partial charge in [-0.05, 0) is 56.4 Å². The Kier molecular flexibility index (Phi) is 5.22. The topological polar surface area (TPSA) is 127 Å². The van der Waals surface area contributed by atoms with Gasteiger partial charge in [0.1, 0.15) is 24.5 Å². The van der Waals surface area contributed by atoms with Crippen molar-refractivity contribution in [2.45, 2.75) is 51.3 Å². The molecule has 3 atom stereocenters. The fourth-order valence-electron chi connectivity index (χ4n) is 4.10. The summed E-state index contributed by atoms with van der Waals surface area (Å²) < 4.78 is 10.5. The minimum atomic E-state index is -0.761. The molecule has 1 unspecified atom stereocenters. The second-order valence-electron chi connectivity index (χ2n) is 8.15. The van der Waals surface area contributed by atoms with Gasteiger partial charge in [0, 0.05) is 11.8 Å². The van der Waals surface area contributed by atoms with Crippen LogP contribution in [0.2, 0.25) is 0 Å². The normalized spacial score (nSPS) is 19.5. The summed E-state index contributed by atoms with van der Waals surface area (Å²) in [5.74, 6) is 1.57. The number of aromatic nitrogens is 4. The Morgan fingerprint density at radius 2 is 2.03 bits per heavy atom. The van der Waals surface area contributed by atoms with Crippen LogP contribution in [0.1, 0.15) is 43.3 Å². The van der Waals surface area contributed by atoms with Gasteiger partial charge in [-0.3, -0.25) is 4.90 Å². The molecule has 1 saturated heterocycles. The van der Waals surface area contributed by atoms with Gasteiger partial charge in [-0.15, -0.1) is 0 Å². The second-order valence-corrected chi connectivity index (χ2v) is 8.15. The molecule has 166 valence electrons. The molecule has 0 saturated carbocycles. The van der Waals surface area contributed by atoms with E-state index in [9.17, 15) is 9.90 Å². The average Bonchev–Trinajstić information content (AvgIpc) is 3.52. The number of cyclic esters (lactones) is 1. The van der Waals surface area contributed by atoms with E-state index in [-0.39, 0.29) is 18.6 Å². The largest absolute Gasteiger partial charge is 0.447 e. The minimum Gasteiger partial charge on any atom is -0.447 e. The standard InChI is InChI=1S/C22H24N6O4/c1-12(20-26-19(27-32-20)16-7-6-14-4-3-5-15(14)10-16)24-21-23-9-8-18(25-21)28-17(13(2)29)11-31-22(28)30/h6-10,12-13,17,29H,3-5,11H2,1-2H3,(H,23,24,25)/t12-,13+,17?/m0/s1. The molecule has 2 aromatic heterocycles. The second kappa shape index (κ2) is 8.19. The summed E-state index contributed by atoms with van der Waals surface area (Å²) in [6, 6.07) is 7.02. The number of benzene rings is 1. The third-order valence-electron chi connectivity index (χ3n) is 5.86. The number of ether oxygens (including phenoxy) is 1. The van der Waals surface area contributed by atoms with Gasteiger partial charge in [0.05, 0.1) is 6.10 Å². The zero-order valence-electron chi connectivity index (χ0n) is 17.9. The van der Waals surface area contributed by atoms with Crippen LogP contribution in [0, 0.1) is 0 Å². The molecule has 1 amide bonds. The molecule has 10 heteroatoms. The van der Waals surface area contributed by atoms with Crippen LogP contribution < -0.4 is 10.2 Å². The lowest BCUT2D eigenvalue weighted by molar-refractivity contribution is 0.142. The number of anilines is 2. The van der Waals surface area contributed by atoms with Crippen LogP contribution >= 0.6 is 0 Å². The number of hydrogen-bond acceptors (Lipinski definition) is 9. The van der Waals surface area contributed by atoms with Crippen molar-refractivity contribution in [3.8, 4) is 11.4 Å².